The first-order valence-electron chi connectivity index (χ1n) is 6.63. The summed E-state index contributed by atoms with van der Waals surface area (Å²) in [6.45, 7) is 5.05. The maximum atomic E-state index is 6.03. The van der Waals surface area contributed by atoms with Gasteiger partial charge in [0.2, 0.25) is 0 Å². The van der Waals surface area contributed by atoms with E-state index in [0.717, 1.165) is 24.4 Å². The highest BCUT2D eigenvalue weighted by Crippen LogP contribution is 2.39. The molecule has 1 aromatic heterocycles. The molecule has 2 aromatic rings. The number of H-pyrrole nitrogens is 1. The number of aromatic nitrogens is 2. The Labute approximate surface area is 113 Å². The van der Waals surface area contributed by atoms with E-state index in [4.69, 9.17) is 4.74 Å². The number of benzene rings is 1. The normalized spacial score (nSPS) is 20.6. The third-order valence-electron chi connectivity index (χ3n) is 3.47. The topological polar surface area (TPSA) is 49.9 Å². The van der Waals surface area contributed by atoms with Crippen LogP contribution in [0.1, 0.15) is 37.6 Å². The van der Waals surface area contributed by atoms with Gasteiger partial charge in [-0.2, -0.15) is 0 Å². The van der Waals surface area contributed by atoms with Crippen LogP contribution in [0.25, 0.3) is 0 Å². The molecule has 1 aliphatic heterocycles. The van der Waals surface area contributed by atoms with Crippen LogP contribution in [0, 0.1) is 0 Å². The lowest BCUT2D eigenvalue weighted by Gasteiger charge is -2.38. The van der Waals surface area contributed by atoms with E-state index < -0.39 is 0 Å². The van der Waals surface area contributed by atoms with Crippen molar-refractivity contribution in [2.45, 2.75) is 38.5 Å². The van der Waals surface area contributed by atoms with Gasteiger partial charge in [-0.1, -0.05) is 18.2 Å². The van der Waals surface area contributed by atoms with Crippen molar-refractivity contribution in [1.82, 2.24) is 15.3 Å². The van der Waals surface area contributed by atoms with Gasteiger partial charge < -0.3 is 15.0 Å². The van der Waals surface area contributed by atoms with Crippen molar-refractivity contribution in [3.8, 4) is 5.75 Å². The van der Waals surface area contributed by atoms with Gasteiger partial charge in [-0.15, -0.1) is 0 Å². The second kappa shape index (κ2) is 4.70. The molecule has 0 bridgehead atoms. The molecule has 3 rings (SSSR count). The lowest BCUT2D eigenvalue weighted by atomic mass is 9.89. The predicted molar refractivity (Wildman–Crippen MR) is 73.9 cm³/mol. The minimum Gasteiger partial charge on any atom is -0.487 e. The molecule has 1 atom stereocenters. The molecule has 2 N–H and O–H groups in total. The minimum atomic E-state index is -0.139. The number of nitrogens with one attached hydrogen (secondary N) is 2. The summed E-state index contributed by atoms with van der Waals surface area (Å²) in [7, 11) is 0. The van der Waals surface area contributed by atoms with Crippen LogP contribution < -0.4 is 10.1 Å². The van der Waals surface area contributed by atoms with Gasteiger partial charge >= 0.3 is 0 Å². The average Bonchev–Trinajstić information content (AvgIpc) is 2.87. The van der Waals surface area contributed by atoms with Crippen molar-refractivity contribution in [3.05, 3.63) is 48.0 Å². The Hall–Kier alpha value is -1.81. The number of hydrogen-bond donors (Lipinski definition) is 2. The van der Waals surface area contributed by atoms with Gasteiger partial charge in [-0.05, 0) is 19.9 Å². The van der Waals surface area contributed by atoms with E-state index in [1.54, 1.807) is 6.33 Å². The van der Waals surface area contributed by atoms with Crippen molar-refractivity contribution in [2.24, 2.45) is 0 Å². The molecule has 0 spiro atoms. The first-order valence-corrected chi connectivity index (χ1v) is 6.63. The SMILES string of the molecule is CC1(C)CC(NCc2cnc[nH]2)c2ccccc2O1. The van der Waals surface area contributed by atoms with Crippen molar-refractivity contribution in [3.63, 3.8) is 0 Å². The standard InChI is InChI=1S/C15H19N3O/c1-15(2)7-13(17-9-11-8-16-10-18-11)12-5-3-4-6-14(12)19-15/h3-6,8,10,13,17H,7,9H2,1-2H3,(H,16,18). The zero-order valence-corrected chi connectivity index (χ0v) is 11.3. The fraction of sp³-hybridized carbons (Fsp3) is 0.400. The van der Waals surface area contributed by atoms with Gasteiger partial charge in [0, 0.05) is 36.5 Å². The molecule has 0 fully saturated rings. The van der Waals surface area contributed by atoms with E-state index in [-0.39, 0.29) is 5.60 Å². The molecule has 100 valence electrons. The van der Waals surface area contributed by atoms with Crippen LogP contribution in [-0.4, -0.2) is 15.6 Å². The first-order chi connectivity index (χ1) is 9.14. The van der Waals surface area contributed by atoms with Crippen LogP contribution in [0.3, 0.4) is 0 Å². The Kier molecular flexibility index (Phi) is 3.03. The number of fused-ring (bicyclic) bond motifs is 1. The van der Waals surface area contributed by atoms with Crippen LogP contribution in [0.4, 0.5) is 0 Å². The number of ether oxygens (including phenoxy) is 1. The Balaban J connectivity index is 1.80. The summed E-state index contributed by atoms with van der Waals surface area (Å²) in [5.74, 6) is 0.987. The van der Waals surface area contributed by atoms with E-state index in [1.807, 2.05) is 18.3 Å². The smallest absolute Gasteiger partial charge is 0.124 e. The minimum absolute atomic E-state index is 0.139. The van der Waals surface area contributed by atoms with Crippen molar-refractivity contribution < 1.29 is 4.74 Å². The maximum absolute atomic E-state index is 6.03. The highest BCUT2D eigenvalue weighted by Gasteiger charge is 2.33. The molecule has 4 heteroatoms. The predicted octanol–water partition coefficient (Wildman–Crippen LogP) is 2.80. The van der Waals surface area contributed by atoms with Gasteiger partial charge in [0.15, 0.2) is 0 Å². The Morgan fingerprint density at radius 1 is 1.42 bits per heavy atom. The molecule has 1 aromatic carbocycles. The largest absolute Gasteiger partial charge is 0.487 e. The molecular formula is C15H19N3O. The van der Waals surface area contributed by atoms with Crippen molar-refractivity contribution in [2.75, 3.05) is 0 Å². The van der Waals surface area contributed by atoms with Gasteiger partial charge in [-0.25, -0.2) is 4.98 Å². The Morgan fingerprint density at radius 3 is 3.05 bits per heavy atom. The van der Waals surface area contributed by atoms with Crippen LogP contribution in [0.2, 0.25) is 0 Å². The van der Waals surface area contributed by atoms with Gasteiger partial charge in [0.05, 0.1) is 6.33 Å². The number of nitrogens with zero attached hydrogens (tertiary/aromatic N) is 1. The summed E-state index contributed by atoms with van der Waals surface area (Å²) in [5, 5.41) is 3.58. The van der Waals surface area contributed by atoms with Gasteiger partial charge in [-0.3, -0.25) is 0 Å². The van der Waals surface area contributed by atoms with Gasteiger partial charge in [0.1, 0.15) is 11.4 Å². The molecule has 4 nitrogen and oxygen atoms in total. The first kappa shape index (κ1) is 12.2. The van der Waals surface area contributed by atoms with Crippen LogP contribution in [-0.2, 0) is 6.54 Å². The van der Waals surface area contributed by atoms with Crippen LogP contribution in [0.15, 0.2) is 36.8 Å². The molecule has 2 heterocycles. The van der Waals surface area contributed by atoms with E-state index >= 15 is 0 Å². The summed E-state index contributed by atoms with van der Waals surface area (Å²) >= 11 is 0. The monoisotopic (exact) mass is 257 g/mol. The highest BCUT2D eigenvalue weighted by atomic mass is 16.5. The zero-order valence-electron chi connectivity index (χ0n) is 11.3. The lowest BCUT2D eigenvalue weighted by Crippen LogP contribution is -2.39. The summed E-state index contributed by atoms with van der Waals surface area (Å²) in [6.07, 6.45) is 4.51. The fourth-order valence-electron chi connectivity index (χ4n) is 2.60. The summed E-state index contributed by atoms with van der Waals surface area (Å²) < 4.78 is 6.03. The third-order valence-corrected chi connectivity index (χ3v) is 3.47. The second-order valence-corrected chi connectivity index (χ2v) is 5.61. The second-order valence-electron chi connectivity index (χ2n) is 5.61. The molecule has 1 unspecified atom stereocenters. The highest BCUT2D eigenvalue weighted by molar-refractivity contribution is 5.38. The molecule has 0 saturated heterocycles. The molecule has 19 heavy (non-hydrogen) atoms. The van der Waals surface area contributed by atoms with E-state index in [9.17, 15) is 0 Å². The molecular weight excluding hydrogens is 238 g/mol. The Bertz CT molecular complexity index is 548. The third kappa shape index (κ3) is 2.63. The lowest BCUT2D eigenvalue weighted by molar-refractivity contribution is 0.0656. The van der Waals surface area contributed by atoms with E-state index in [2.05, 4.69) is 41.3 Å². The maximum Gasteiger partial charge on any atom is 0.124 e. The summed E-state index contributed by atoms with van der Waals surface area (Å²) in [6, 6.07) is 8.57. The molecule has 0 radical (unpaired) electrons. The number of imidazole rings is 1. The Morgan fingerprint density at radius 2 is 2.26 bits per heavy atom. The average molecular weight is 257 g/mol. The zero-order chi connectivity index (χ0) is 13.3. The van der Waals surface area contributed by atoms with E-state index in [0.29, 0.717) is 6.04 Å². The molecule has 0 amide bonds. The molecule has 0 aliphatic carbocycles. The number of hydrogen-bond acceptors (Lipinski definition) is 3. The quantitative estimate of drug-likeness (QED) is 0.889. The molecule has 1 aliphatic rings. The van der Waals surface area contributed by atoms with Crippen molar-refractivity contribution in [1.29, 1.82) is 0 Å². The van der Waals surface area contributed by atoms with Gasteiger partial charge in [0.25, 0.3) is 0 Å². The molecule has 0 saturated carbocycles. The summed E-state index contributed by atoms with van der Waals surface area (Å²) in [5.41, 5.74) is 2.20. The van der Waals surface area contributed by atoms with Crippen molar-refractivity contribution >= 4 is 0 Å². The fourth-order valence-corrected chi connectivity index (χ4v) is 2.60. The number of para-hydroxylation sites is 1. The summed E-state index contributed by atoms with van der Waals surface area (Å²) in [4.78, 5) is 7.16. The number of aromatic amines is 1. The van der Waals surface area contributed by atoms with Crippen LogP contribution in [0.5, 0.6) is 5.75 Å². The van der Waals surface area contributed by atoms with Crippen LogP contribution >= 0.6 is 0 Å². The van der Waals surface area contributed by atoms with E-state index in [1.165, 1.54) is 5.56 Å². The number of rotatable bonds is 3.